The number of carbonyl (C=O) groups is 1. The molecule has 0 saturated heterocycles. The smallest absolute Gasteiger partial charge is 0.460 e. The first-order valence-corrected chi connectivity index (χ1v) is 10.1. The molecule has 0 bridgehead atoms. The number of carbonyl (C=O) groups excluding carboxylic acids is 1. The molecule has 1 atom stereocenters. The summed E-state index contributed by atoms with van der Waals surface area (Å²) in [5, 5.41) is 12.8. The van der Waals surface area contributed by atoms with Gasteiger partial charge in [0.2, 0.25) is 0 Å². The number of hydrogen-bond acceptors (Lipinski definition) is 7. The summed E-state index contributed by atoms with van der Waals surface area (Å²) in [5.41, 5.74) is 0. The van der Waals surface area contributed by atoms with E-state index < -0.39 is 20.9 Å². The van der Waals surface area contributed by atoms with Gasteiger partial charge in [0.1, 0.15) is 12.7 Å². The lowest BCUT2D eigenvalue weighted by atomic mass is 10.3. The van der Waals surface area contributed by atoms with Crippen LogP contribution in [0.25, 0.3) is 0 Å². The van der Waals surface area contributed by atoms with Gasteiger partial charge in [-0.3, -0.25) is 0 Å². The third-order valence-corrected chi connectivity index (χ3v) is 6.05. The van der Waals surface area contributed by atoms with Gasteiger partial charge in [0.25, 0.3) is 0 Å². The molecule has 0 radical (unpaired) electrons. The third kappa shape index (κ3) is 10.6. The van der Waals surface area contributed by atoms with Gasteiger partial charge in [0.05, 0.1) is 0 Å². The summed E-state index contributed by atoms with van der Waals surface area (Å²) in [7, 11) is -2.59. The SMILES string of the molecule is C=CC(=O)OC[C@H](O)CNCCC[Si](OCC)(OCC)OCC. The van der Waals surface area contributed by atoms with Crippen LogP contribution in [0.3, 0.4) is 0 Å². The lowest BCUT2D eigenvalue weighted by Crippen LogP contribution is -2.46. The summed E-state index contributed by atoms with van der Waals surface area (Å²) in [4.78, 5) is 10.9. The van der Waals surface area contributed by atoms with Crippen LogP contribution in [-0.2, 0) is 22.8 Å². The van der Waals surface area contributed by atoms with Gasteiger partial charge in [-0.2, -0.15) is 0 Å². The minimum absolute atomic E-state index is 0.0482. The van der Waals surface area contributed by atoms with Crippen LogP contribution in [0, 0.1) is 0 Å². The Morgan fingerprint density at radius 3 is 2.26 bits per heavy atom. The predicted octanol–water partition coefficient (Wildman–Crippen LogP) is 1.10. The Morgan fingerprint density at radius 2 is 1.78 bits per heavy atom. The molecular weight excluding hydrogens is 318 g/mol. The van der Waals surface area contributed by atoms with Gasteiger partial charge in [0, 0.05) is 38.5 Å². The van der Waals surface area contributed by atoms with E-state index in [-0.39, 0.29) is 6.61 Å². The van der Waals surface area contributed by atoms with Crippen molar-refractivity contribution < 1.29 is 27.9 Å². The van der Waals surface area contributed by atoms with Gasteiger partial charge < -0.3 is 28.4 Å². The summed E-state index contributed by atoms with van der Waals surface area (Å²) in [6.45, 7) is 11.8. The van der Waals surface area contributed by atoms with Crippen LogP contribution >= 0.6 is 0 Å². The van der Waals surface area contributed by atoms with Gasteiger partial charge >= 0.3 is 14.8 Å². The zero-order chi connectivity index (χ0) is 17.6. The van der Waals surface area contributed by atoms with Crippen LogP contribution in [-0.4, -0.2) is 65.5 Å². The monoisotopic (exact) mass is 349 g/mol. The fourth-order valence-corrected chi connectivity index (χ4v) is 4.61. The standard InChI is InChI=1S/C15H31NO6Si/c1-5-15(18)19-13-14(17)12-16-10-9-11-23(20-6-2,21-7-3)22-8-4/h5,14,16-17H,1,6-13H2,2-4H3/t14-/m1/s1. The molecule has 0 aromatic rings. The fourth-order valence-electron chi connectivity index (χ4n) is 2.00. The second-order valence-corrected chi connectivity index (χ2v) is 7.51. The zero-order valence-corrected chi connectivity index (χ0v) is 15.5. The average Bonchev–Trinajstić information content (AvgIpc) is 2.53. The first-order valence-electron chi connectivity index (χ1n) is 8.13. The van der Waals surface area contributed by atoms with Crippen molar-refractivity contribution in [1.82, 2.24) is 5.32 Å². The Labute approximate surface area is 140 Å². The van der Waals surface area contributed by atoms with E-state index >= 15 is 0 Å². The molecule has 7 nitrogen and oxygen atoms in total. The molecular formula is C15H31NO6Si. The van der Waals surface area contributed by atoms with Gasteiger partial charge in [-0.25, -0.2) is 4.79 Å². The normalized spacial score (nSPS) is 12.9. The van der Waals surface area contributed by atoms with Crippen molar-refractivity contribution >= 4 is 14.8 Å². The van der Waals surface area contributed by atoms with E-state index in [2.05, 4.69) is 11.9 Å². The van der Waals surface area contributed by atoms with Crippen LogP contribution < -0.4 is 5.32 Å². The average molecular weight is 350 g/mol. The van der Waals surface area contributed by atoms with Crippen LogP contribution in [0.1, 0.15) is 27.2 Å². The zero-order valence-electron chi connectivity index (χ0n) is 14.5. The third-order valence-electron chi connectivity index (χ3n) is 2.89. The Hall–Kier alpha value is -0.773. The summed E-state index contributed by atoms with van der Waals surface area (Å²) in [6, 6.07) is 0.719. The number of esters is 1. The number of aliphatic hydroxyl groups is 1. The Kier molecular flexibility index (Phi) is 13.2. The van der Waals surface area contributed by atoms with Crippen molar-refractivity contribution in [2.75, 3.05) is 39.5 Å². The fraction of sp³-hybridized carbons (Fsp3) is 0.800. The summed E-state index contributed by atoms with van der Waals surface area (Å²) in [5.74, 6) is -0.537. The first-order chi connectivity index (χ1) is 11.0. The summed E-state index contributed by atoms with van der Waals surface area (Å²) in [6.07, 6.45) is 1.14. The molecule has 0 rings (SSSR count). The van der Waals surface area contributed by atoms with Crippen molar-refractivity contribution in [3.63, 3.8) is 0 Å². The molecule has 0 saturated carbocycles. The Morgan fingerprint density at radius 1 is 1.22 bits per heavy atom. The van der Waals surface area contributed by atoms with Gasteiger partial charge in [-0.15, -0.1) is 0 Å². The molecule has 0 amide bonds. The van der Waals surface area contributed by atoms with E-state index in [1.807, 2.05) is 20.8 Å². The predicted molar refractivity (Wildman–Crippen MR) is 90.1 cm³/mol. The van der Waals surface area contributed by atoms with E-state index in [1.54, 1.807) is 0 Å². The van der Waals surface area contributed by atoms with Gasteiger partial charge in [0.15, 0.2) is 0 Å². The number of hydrogen-bond donors (Lipinski definition) is 2. The van der Waals surface area contributed by atoms with Crippen molar-refractivity contribution in [3.8, 4) is 0 Å². The van der Waals surface area contributed by atoms with Gasteiger partial charge in [-0.05, 0) is 33.7 Å². The van der Waals surface area contributed by atoms with Crippen LogP contribution in [0.5, 0.6) is 0 Å². The number of ether oxygens (including phenoxy) is 1. The van der Waals surface area contributed by atoms with Gasteiger partial charge in [-0.1, -0.05) is 6.58 Å². The maximum absolute atomic E-state index is 10.9. The summed E-state index contributed by atoms with van der Waals surface area (Å²) < 4.78 is 22.1. The maximum Gasteiger partial charge on any atom is 0.500 e. The lowest BCUT2D eigenvalue weighted by Gasteiger charge is -2.28. The van der Waals surface area contributed by atoms with Crippen LogP contribution in [0.4, 0.5) is 0 Å². The molecule has 0 spiro atoms. The molecule has 0 heterocycles. The molecule has 0 aliphatic rings. The number of nitrogens with one attached hydrogen (secondary N) is 1. The molecule has 0 unspecified atom stereocenters. The number of rotatable bonds is 15. The van der Waals surface area contributed by atoms with E-state index in [1.165, 1.54) is 0 Å². The Bertz CT molecular complexity index is 312. The molecule has 0 aromatic heterocycles. The molecule has 0 aliphatic carbocycles. The highest BCUT2D eigenvalue weighted by atomic mass is 28.4. The second-order valence-electron chi connectivity index (χ2n) is 4.78. The van der Waals surface area contributed by atoms with Crippen LogP contribution in [0.15, 0.2) is 12.7 Å². The minimum Gasteiger partial charge on any atom is -0.460 e. The highest BCUT2D eigenvalue weighted by Crippen LogP contribution is 2.17. The van der Waals surface area contributed by atoms with Crippen molar-refractivity contribution in [2.24, 2.45) is 0 Å². The Balaban J connectivity index is 4.00. The molecule has 136 valence electrons. The topological polar surface area (TPSA) is 86.3 Å². The summed E-state index contributed by atoms with van der Waals surface area (Å²) >= 11 is 0. The molecule has 0 aromatic carbocycles. The lowest BCUT2D eigenvalue weighted by molar-refractivity contribution is -0.140. The highest BCUT2D eigenvalue weighted by molar-refractivity contribution is 6.60. The van der Waals surface area contributed by atoms with E-state index in [9.17, 15) is 9.90 Å². The van der Waals surface area contributed by atoms with E-state index in [0.29, 0.717) is 32.9 Å². The molecule has 0 aliphatic heterocycles. The minimum atomic E-state index is -2.59. The first kappa shape index (κ1) is 22.2. The van der Waals surface area contributed by atoms with Crippen molar-refractivity contribution in [2.45, 2.75) is 39.3 Å². The van der Waals surface area contributed by atoms with Crippen LogP contribution in [0.2, 0.25) is 6.04 Å². The van der Waals surface area contributed by atoms with E-state index in [4.69, 9.17) is 18.0 Å². The molecule has 8 heteroatoms. The van der Waals surface area contributed by atoms with Crippen molar-refractivity contribution in [3.05, 3.63) is 12.7 Å². The number of aliphatic hydroxyl groups excluding tert-OH is 1. The highest BCUT2D eigenvalue weighted by Gasteiger charge is 2.39. The van der Waals surface area contributed by atoms with E-state index in [0.717, 1.165) is 18.5 Å². The molecule has 23 heavy (non-hydrogen) atoms. The largest absolute Gasteiger partial charge is 0.500 e. The maximum atomic E-state index is 10.9. The quantitative estimate of drug-likeness (QED) is 0.198. The molecule has 0 fully saturated rings. The van der Waals surface area contributed by atoms with Crippen molar-refractivity contribution in [1.29, 1.82) is 0 Å². The molecule has 2 N–H and O–H groups in total. The second kappa shape index (κ2) is 13.6.